The summed E-state index contributed by atoms with van der Waals surface area (Å²) in [5.41, 5.74) is 1.01. The van der Waals surface area contributed by atoms with E-state index in [1.165, 1.54) is 0 Å². The van der Waals surface area contributed by atoms with E-state index in [0.717, 1.165) is 12.1 Å². The SMILES string of the molecule is CN(C)CCN(Cc1cccnc1)C(=O)C1CC(=O)N(C)C1. The molecule has 1 aliphatic rings. The third kappa shape index (κ3) is 4.27. The molecule has 2 heterocycles. The molecule has 1 aliphatic heterocycles. The molecule has 22 heavy (non-hydrogen) atoms. The van der Waals surface area contributed by atoms with Gasteiger partial charge in [0.25, 0.3) is 0 Å². The Morgan fingerprint density at radius 3 is 2.73 bits per heavy atom. The molecule has 1 unspecified atom stereocenters. The van der Waals surface area contributed by atoms with Gasteiger partial charge in [0.2, 0.25) is 11.8 Å². The standard InChI is InChI=1S/C16H24N4O2/c1-18(2)7-8-20(11-13-5-4-6-17-10-13)16(22)14-9-15(21)19(3)12-14/h4-6,10,14H,7-9,11-12H2,1-3H3. The van der Waals surface area contributed by atoms with Crippen LogP contribution in [0.5, 0.6) is 0 Å². The van der Waals surface area contributed by atoms with Gasteiger partial charge in [-0.15, -0.1) is 0 Å². The van der Waals surface area contributed by atoms with E-state index in [9.17, 15) is 9.59 Å². The van der Waals surface area contributed by atoms with Crippen molar-refractivity contribution in [3.05, 3.63) is 30.1 Å². The van der Waals surface area contributed by atoms with E-state index in [1.807, 2.05) is 31.1 Å². The van der Waals surface area contributed by atoms with Gasteiger partial charge in [-0.1, -0.05) is 6.07 Å². The first-order chi connectivity index (χ1) is 10.5. The summed E-state index contributed by atoms with van der Waals surface area (Å²) in [6, 6.07) is 3.84. The number of carbonyl (C=O) groups is 2. The van der Waals surface area contributed by atoms with Crippen molar-refractivity contribution >= 4 is 11.8 Å². The van der Waals surface area contributed by atoms with E-state index in [-0.39, 0.29) is 17.7 Å². The monoisotopic (exact) mass is 304 g/mol. The molecule has 1 aromatic rings. The van der Waals surface area contributed by atoms with Gasteiger partial charge in [-0.25, -0.2) is 0 Å². The van der Waals surface area contributed by atoms with Gasteiger partial charge >= 0.3 is 0 Å². The Morgan fingerprint density at radius 1 is 1.41 bits per heavy atom. The molecule has 0 saturated carbocycles. The van der Waals surface area contributed by atoms with Crippen LogP contribution >= 0.6 is 0 Å². The van der Waals surface area contributed by atoms with Gasteiger partial charge in [0.15, 0.2) is 0 Å². The predicted octanol–water partition coefficient (Wildman–Crippen LogP) is 0.450. The Kier molecular flexibility index (Phi) is 5.49. The number of amides is 2. The average molecular weight is 304 g/mol. The minimum Gasteiger partial charge on any atom is -0.345 e. The van der Waals surface area contributed by atoms with Crippen LogP contribution in [0.25, 0.3) is 0 Å². The summed E-state index contributed by atoms with van der Waals surface area (Å²) in [6.07, 6.45) is 3.82. The first-order valence-electron chi connectivity index (χ1n) is 7.53. The van der Waals surface area contributed by atoms with Gasteiger partial charge < -0.3 is 14.7 Å². The quantitative estimate of drug-likeness (QED) is 0.766. The summed E-state index contributed by atoms with van der Waals surface area (Å²) in [5.74, 6) is -0.118. The lowest BCUT2D eigenvalue weighted by Crippen LogP contribution is -2.40. The van der Waals surface area contributed by atoms with Crippen molar-refractivity contribution in [1.29, 1.82) is 0 Å². The molecule has 1 atom stereocenters. The Balaban J connectivity index is 2.06. The van der Waals surface area contributed by atoms with Crippen molar-refractivity contribution in [2.45, 2.75) is 13.0 Å². The maximum Gasteiger partial charge on any atom is 0.228 e. The first kappa shape index (κ1) is 16.4. The minimum atomic E-state index is -0.226. The van der Waals surface area contributed by atoms with E-state index < -0.39 is 0 Å². The number of likely N-dealkylation sites (N-methyl/N-ethyl adjacent to an activating group) is 1. The van der Waals surface area contributed by atoms with Crippen LogP contribution in [0.1, 0.15) is 12.0 Å². The van der Waals surface area contributed by atoms with Crippen molar-refractivity contribution < 1.29 is 9.59 Å². The van der Waals surface area contributed by atoms with Crippen LogP contribution in [0.2, 0.25) is 0 Å². The smallest absolute Gasteiger partial charge is 0.228 e. The number of hydrogen-bond acceptors (Lipinski definition) is 4. The number of aromatic nitrogens is 1. The van der Waals surface area contributed by atoms with Crippen LogP contribution in [-0.4, -0.2) is 72.3 Å². The number of likely N-dealkylation sites (tertiary alicyclic amines) is 1. The fourth-order valence-corrected chi connectivity index (χ4v) is 2.59. The lowest BCUT2D eigenvalue weighted by atomic mass is 10.1. The molecule has 1 saturated heterocycles. The normalized spacial score (nSPS) is 18.1. The molecule has 0 bridgehead atoms. The zero-order chi connectivity index (χ0) is 16.1. The summed E-state index contributed by atoms with van der Waals surface area (Å²) >= 11 is 0. The predicted molar refractivity (Wildman–Crippen MR) is 84.0 cm³/mol. The highest BCUT2D eigenvalue weighted by Crippen LogP contribution is 2.19. The molecule has 0 spiro atoms. The lowest BCUT2D eigenvalue weighted by Gasteiger charge is -2.26. The molecular weight excluding hydrogens is 280 g/mol. The second-order valence-corrected chi connectivity index (χ2v) is 6.10. The maximum atomic E-state index is 12.8. The highest BCUT2D eigenvalue weighted by atomic mass is 16.2. The summed E-state index contributed by atoms with van der Waals surface area (Å²) in [4.78, 5) is 34.1. The second kappa shape index (κ2) is 7.35. The Hall–Kier alpha value is -1.95. The van der Waals surface area contributed by atoms with Crippen LogP contribution in [0.3, 0.4) is 0 Å². The highest BCUT2D eigenvalue weighted by Gasteiger charge is 2.34. The maximum absolute atomic E-state index is 12.8. The number of rotatable bonds is 6. The molecule has 0 N–H and O–H groups in total. The summed E-state index contributed by atoms with van der Waals surface area (Å²) in [6.45, 7) is 2.50. The summed E-state index contributed by atoms with van der Waals surface area (Å²) in [7, 11) is 5.72. The minimum absolute atomic E-state index is 0.0484. The third-order valence-corrected chi connectivity index (χ3v) is 3.92. The van der Waals surface area contributed by atoms with Crippen molar-refractivity contribution in [1.82, 2.24) is 19.7 Å². The third-order valence-electron chi connectivity index (χ3n) is 3.92. The van der Waals surface area contributed by atoms with Crippen LogP contribution in [0, 0.1) is 5.92 Å². The van der Waals surface area contributed by atoms with Gasteiger partial charge in [-0.2, -0.15) is 0 Å². The van der Waals surface area contributed by atoms with Crippen molar-refractivity contribution in [3.8, 4) is 0 Å². The topological polar surface area (TPSA) is 56.8 Å². The number of pyridine rings is 1. The zero-order valence-electron chi connectivity index (χ0n) is 13.5. The molecular formula is C16H24N4O2. The highest BCUT2D eigenvalue weighted by molar-refractivity contribution is 5.89. The molecule has 0 aliphatic carbocycles. The molecule has 0 aromatic carbocycles. The van der Waals surface area contributed by atoms with Crippen LogP contribution in [0.4, 0.5) is 0 Å². The van der Waals surface area contributed by atoms with Gasteiger partial charge in [-0.05, 0) is 25.7 Å². The van der Waals surface area contributed by atoms with Crippen LogP contribution in [-0.2, 0) is 16.1 Å². The molecule has 0 radical (unpaired) electrons. The Morgan fingerprint density at radius 2 is 2.18 bits per heavy atom. The second-order valence-electron chi connectivity index (χ2n) is 6.10. The van der Waals surface area contributed by atoms with E-state index in [1.54, 1.807) is 24.3 Å². The van der Waals surface area contributed by atoms with E-state index in [0.29, 0.717) is 26.1 Å². The molecule has 2 amide bonds. The molecule has 1 fully saturated rings. The summed E-state index contributed by atoms with van der Waals surface area (Å²) < 4.78 is 0. The van der Waals surface area contributed by atoms with Crippen LogP contribution < -0.4 is 0 Å². The van der Waals surface area contributed by atoms with Gasteiger partial charge in [0, 0.05) is 52.0 Å². The van der Waals surface area contributed by atoms with Crippen LogP contribution in [0.15, 0.2) is 24.5 Å². The number of hydrogen-bond donors (Lipinski definition) is 0. The number of carbonyl (C=O) groups excluding carboxylic acids is 2. The van der Waals surface area contributed by atoms with Gasteiger partial charge in [0.1, 0.15) is 0 Å². The zero-order valence-corrected chi connectivity index (χ0v) is 13.5. The fraction of sp³-hybridized carbons (Fsp3) is 0.562. The molecule has 120 valence electrons. The van der Waals surface area contributed by atoms with Gasteiger partial charge in [-0.3, -0.25) is 14.6 Å². The van der Waals surface area contributed by atoms with Crippen molar-refractivity contribution in [2.75, 3.05) is 40.8 Å². The van der Waals surface area contributed by atoms with E-state index in [4.69, 9.17) is 0 Å². The lowest BCUT2D eigenvalue weighted by molar-refractivity contribution is -0.136. The molecule has 1 aromatic heterocycles. The Bertz CT molecular complexity index is 518. The van der Waals surface area contributed by atoms with Crippen molar-refractivity contribution in [2.24, 2.45) is 5.92 Å². The summed E-state index contributed by atoms with van der Waals surface area (Å²) in [5, 5.41) is 0. The van der Waals surface area contributed by atoms with E-state index >= 15 is 0 Å². The molecule has 2 rings (SSSR count). The fourth-order valence-electron chi connectivity index (χ4n) is 2.59. The van der Waals surface area contributed by atoms with E-state index in [2.05, 4.69) is 9.88 Å². The Labute approximate surface area is 131 Å². The average Bonchev–Trinajstić information content (AvgIpc) is 2.83. The largest absolute Gasteiger partial charge is 0.345 e. The first-order valence-corrected chi connectivity index (χ1v) is 7.53. The number of nitrogens with zero attached hydrogens (tertiary/aromatic N) is 4. The van der Waals surface area contributed by atoms with Crippen molar-refractivity contribution in [3.63, 3.8) is 0 Å². The molecule has 6 nitrogen and oxygen atoms in total. The molecule has 6 heteroatoms. The van der Waals surface area contributed by atoms with Gasteiger partial charge in [0.05, 0.1) is 5.92 Å².